The van der Waals surface area contributed by atoms with Crippen molar-refractivity contribution in [3.05, 3.63) is 46.8 Å². The van der Waals surface area contributed by atoms with E-state index in [0.29, 0.717) is 0 Å². The topological polar surface area (TPSA) is 22.0 Å². The highest BCUT2D eigenvalue weighted by atomic mass is 32.1. The van der Waals surface area contributed by atoms with Gasteiger partial charge in [-0.25, -0.2) is 0 Å². The first-order chi connectivity index (χ1) is 8.24. The molecule has 1 aromatic carbocycles. The molecule has 3 rings (SSSR count). The zero-order chi connectivity index (χ0) is 11.9. The molecule has 0 amide bonds. The Morgan fingerprint density at radius 2 is 1.94 bits per heavy atom. The first-order valence-corrected chi connectivity index (χ1v) is 6.57. The fourth-order valence-corrected chi connectivity index (χ4v) is 2.70. The van der Waals surface area contributed by atoms with Gasteiger partial charge in [-0.15, -0.1) is 0 Å². The lowest BCUT2D eigenvalue weighted by atomic mass is 10.1. The van der Waals surface area contributed by atoms with Crippen LogP contribution >= 0.6 is 12.6 Å². The Labute approximate surface area is 106 Å². The van der Waals surface area contributed by atoms with Crippen molar-refractivity contribution in [2.75, 3.05) is 5.75 Å². The maximum Gasteiger partial charge on any atom is 0.251 e. The first-order valence-electron chi connectivity index (χ1n) is 5.94. The Morgan fingerprint density at radius 3 is 2.65 bits per heavy atom. The minimum atomic E-state index is 0.0942. The van der Waals surface area contributed by atoms with Crippen LogP contribution in [0.5, 0.6) is 0 Å². The summed E-state index contributed by atoms with van der Waals surface area (Å²) in [6.45, 7) is 0.802. The number of fused-ring (bicyclic) bond motifs is 1. The lowest BCUT2D eigenvalue weighted by Gasteiger charge is -2.16. The summed E-state index contributed by atoms with van der Waals surface area (Å²) in [6.07, 6.45) is 2.37. The third-order valence-electron chi connectivity index (χ3n) is 3.69. The van der Waals surface area contributed by atoms with Crippen molar-refractivity contribution in [2.24, 2.45) is 5.41 Å². The van der Waals surface area contributed by atoms with Gasteiger partial charge in [0.1, 0.15) is 0 Å². The van der Waals surface area contributed by atoms with E-state index in [1.54, 1.807) is 6.07 Å². The van der Waals surface area contributed by atoms with Crippen LogP contribution in [0, 0.1) is 5.41 Å². The number of aromatic nitrogens is 1. The second-order valence-corrected chi connectivity index (χ2v) is 5.29. The fraction of sp³-hybridized carbons (Fsp3) is 0.357. The van der Waals surface area contributed by atoms with Crippen molar-refractivity contribution < 1.29 is 0 Å². The summed E-state index contributed by atoms with van der Waals surface area (Å²) in [6, 6.07) is 11.6. The monoisotopic (exact) mass is 245 g/mol. The summed E-state index contributed by atoms with van der Waals surface area (Å²) >= 11 is 4.41. The highest BCUT2D eigenvalue weighted by molar-refractivity contribution is 7.80. The molecule has 1 aliphatic carbocycles. The zero-order valence-electron chi connectivity index (χ0n) is 9.60. The van der Waals surface area contributed by atoms with Gasteiger partial charge in [0.15, 0.2) is 0 Å². The smallest absolute Gasteiger partial charge is 0.251 e. The molecule has 1 heterocycles. The van der Waals surface area contributed by atoms with Crippen LogP contribution in [-0.4, -0.2) is 10.3 Å². The molecule has 0 aliphatic heterocycles. The highest BCUT2D eigenvalue weighted by Crippen LogP contribution is 2.47. The van der Waals surface area contributed by atoms with Crippen LogP contribution in [0.15, 0.2) is 41.2 Å². The zero-order valence-corrected chi connectivity index (χ0v) is 10.5. The van der Waals surface area contributed by atoms with E-state index in [9.17, 15) is 4.79 Å². The van der Waals surface area contributed by atoms with Gasteiger partial charge in [-0.3, -0.25) is 4.79 Å². The summed E-state index contributed by atoms with van der Waals surface area (Å²) < 4.78 is 1.90. The second-order valence-electron chi connectivity index (χ2n) is 4.97. The Bertz CT molecular complexity index is 613. The van der Waals surface area contributed by atoms with E-state index in [-0.39, 0.29) is 11.0 Å². The molecular weight excluding hydrogens is 230 g/mol. The van der Waals surface area contributed by atoms with Gasteiger partial charge in [-0.2, -0.15) is 12.6 Å². The van der Waals surface area contributed by atoms with Crippen molar-refractivity contribution in [1.82, 2.24) is 4.57 Å². The maximum absolute atomic E-state index is 12.0. The van der Waals surface area contributed by atoms with Crippen LogP contribution in [-0.2, 0) is 6.54 Å². The molecule has 17 heavy (non-hydrogen) atoms. The molecule has 0 radical (unpaired) electrons. The predicted octanol–water partition coefficient (Wildman–Crippen LogP) is 2.71. The van der Waals surface area contributed by atoms with E-state index >= 15 is 0 Å². The van der Waals surface area contributed by atoms with Crippen LogP contribution < -0.4 is 5.56 Å². The minimum Gasteiger partial charge on any atom is -0.308 e. The molecular formula is C14H15NOS. The van der Waals surface area contributed by atoms with E-state index in [1.807, 2.05) is 34.9 Å². The maximum atomic E-state index is 12.0. The van der Waals surface area contributed by atoms with Crippen LogP contribution in [0.25, 0.3) is 10.9 Å². The lowest BCUT2D eigenvalue weighted by Crippen LogP contribution is -2.25. The number of hydrogen-bond donors (Lipinski definition) is 1. The summed E-state index contributed by atoms with van der Waals surface area (Å²) in [7, 11) is 0. The van der Waals surface area contributed by atoms with Gasteiger partial charge >= 0.3 is 0 Å². The average molecular weight is 245 g/mol. The molecule has 0 unspecified atom stereocenters. The molecule has 2 aromatic rings. The largest absolute Gasteiger partial charge is 0.308 e. The van der Waals surface area contributed by atoms with E-state index < -0.39 is 0 Å². The second kappa shape index (κ2) is 3.91. The number of rotatable bonds is 3. The molecule has 1 saturated carbocycles. The summed E-state index contributed by atoms with van der Waals surface area (Å²) in [5.41, 5.74) is 1.39. The average Bonchev–Trinajstić information content (AvgIpc) is 3.14. The quantitative estimate of drug-likeness (QED) is 0.825. The Balaban J connectivity index is 2.14. The van der Waals surface area contributed by atoms with E-state index in [1.165, 1.54) is 12.8 Å². The standard InChI is InChI=1S/C14H15NOS/c16-13-6-5-11-3-1-2-4-12(11)15(13)9-14(10-17)7-8-14/h1-6,17H,7-10H2. The molecule has 1 aromatic heterocycles. The third kappa shape index (κ3) is 1.89. The molecule has 0 N–H and O–H groups in total. The van der Waals surface area contributed by atoms with E-state index in [2.05, 4.69) is 12.6 Å². The van der Waals surface area contributed by atoms with Crippen LogP contribution in [0.4, 0.5) is 0 Å². The van der Waals surface area contributed by atoms with Gasteiger partial charge in [-0.1, -0.05) is 18.2 Å². The van der Waals surface area contributed by atoms with Gasteiger partial charge in [0, 0.05) is 12.6 Å². The van der Waals surface area contributed by atoms with Crippen LogP contribution in [0.1, 0.15) is 12.8 Å². The number of thiol groups is 1. The van der Waals surface area contributed by atoms with Gasteiger partial charge in [0.05, 0.1) is 5.52 Å². The van der Waals surface area contributed by atoms with E-state index in [4.69, 9.17) is 0 Å². The third-order valence-corrected chi connectivity index (χ3v) is 4.36. The van der Waals surface area contributed by atoms with Crippen molar-refractivity contribution in [3.63, 3.8) is 0 Å². The van der Waals surface area contributed by atoms with Gasteiger partial charge in [0.2, 0.25) is 0 Å². The fourth-order valence-electron chi connectivity index (χ4n) is 2.29. The first kappa shape index (κ1) is 10.9. The SMILES string of the molecule is O=c1ccc2ccccc2n1CC1(CS)CC1. The number of para-hydroxylation sites is 1. The van der Waals surface area contributed by atoms with E-state index in [0.717, 1.165) is 23.2 Å². The van der Waals surface area contributed by atoms with Crippen molar-refractivity contribution >= 4 is 23.5 Å². The molecule has 0 saturated heterocycles. The van der Waals surface area contributed by atoms with Crippen LogP contribution in [0.3, 0.4) is 0 Å². The Hall–Kier alpha value is -1.22. The van der Waals surface area contributed by atoms with Gasteiger partial charge < -0.3 is 4.57 Å². The number of pyridine rings is 1. The lowest BCUT2D eigenvalue weighted by molar-refractivity contribution is 0.474. The molecule has 3 heteroatoms. The molecule has 2 nitrogen and oxygen atoms in total. The highest BCUT2D eigenvalue weighted by Gasteiger charge is 2.41. The Morgan fingerprint density at radius 1 is 1.18 bits per heavy atom. The minimum absolute atomic E-state index is 0.0942. The van der Waals surface area contributed by atoms with Gasteiger partial charge in [-0.05, 0) is 41.5 Å². The normalized spacial score (nSPS) is 17.2. The molecule has 0 atom stereocenters. The Kier molecular flexibility index (Phi) is 2.51. The summed E-state index contributed by atoms with van der Waals surface area (Å²) in [4.78, 5) is 12.0. The van der Waals surface area contributed by atoms with Gasteiger partial charge in [0.25, 0.3) is 5.56 Å². The molecule has 0 bridgehead atoms. The molecule has 88 valence electrons. The molecule has 1 aliphatic rings. The summed E-state index contributed by atoms with van der Waals surface area (Å²) in [5.74, 6) is 0.864. The number of nitrogens with zero attached hydrogens (tertiary/aromatic N) is 1. The van der Waals surface area contributed by atoms with Crippen molar-refractivity contribution in [2.45, 2.75) is 19.4 Å². The number of benzene rings is 1. The summed E-state index contributed by atoms with van der Waals surface area (Å²) in [5, 5.41) is 1.13. The number of hydrogen-bond acceptors (Lipinski definition) is 2. The molecule has 1 fully saturated rings. The van der Waals surface area contributed by atoms with Crippen molar-refractivity contribution in [3.8, 4) is 0 Å². The van der Waals surface area contributed by atoms with Crippen LogP contribution in [0.2, 0.25) is 0 Å². The predicted molar refractivity (Wildman–Crippen MR) is 73.7 cm³/mol. The van der Waals surface area contributed by atoms with Crippen molar-refractivity contribution in [1.29, 1.82) is 0 Å². The molecule has 0 spiro atoms.